The van der Waals surface area contributed by atoms with Gasteiger partial charge in [-0.1, -0.05) is 6.58 Å². The zero-order valence-corrected chi connectivity index (χ0v) is 7.65. The van der Waals surface area contributed by atoms with Crippen molar-refractivity contribution in [1.82, 2.24) is 4.90 Å². The quantitative estimate of drug-likeness (QED) is 0.350. The van der Waals surface area contributed by atoms with E-state index in [1.165, 1.54) is 7.11 Å². The van der Waals surface area contributed by atoms with Crippen molar-refractivity contribution in [2.45, 2.75) is 0 Å². The minimum Gasteiger partial charge on any atom is -0.466 e. The standard InChI is InChI=1S/C9H9NO4/c1-6(9(13)14-2)5-10-7(11)3-4-8(10)12/h3-4H,1,5H2,2H3. The number of hydrogen-bond donors (Lipinski definition) is 0. The molecule has 1 aliphatic rings. The summed E-state index contributed by atoms with van der Waals surface area (Å²) in [5, 5.41) is 0. The fourth-order valence-corrected chi connectivity index (χ4v) is 0.987. The van der Waals surface area contributed by atoms with Crippen LogP contribution in [0.2, 0.25) is 0 Å². The van der Waals surface area contributed by atoms with E-state index in [1.54, 1.807) is 0 Å². The summed E-state index contributed by atoms with van der Waals surface area (Å²) < 4.78 is 4.38. The third-order valence-corrected chi connectivity index (χ3v) is 1.72. The predicted octanol–water partition coefficient (Wildman–Crippen LogP) is -0.359. The zero-order chi connectivity index (χ0) is 10.7. The lowest BCUT2D eigenvalue weighted by Crippen LogP contribution is -2.33. The lowest BCUT2D eigenvalue weighted by Gasteiger charge is -2.13. The summed E-state index contributed by atoms with van der Waals surface area (Å²) in [5.74, 6) is -1.52. The summed E-state index contributed by atoms with van der Waals surface area (Å²) in [5.41, 5.74) is 0.0675. The first-order chi connectivity index (χ1) is 6.56. The molecule has 0 radical (unpaired) electrons. The highest BCUT2D eigenvalue weighted by atomic mass is 16.5. The van der Waals surface area contributed by atoms with E-state index in [-0.39, 0.29) is 12.1 Å². The number of hydrogen-bond acceptors (Lipinski definition) is 4. The Morgan fingerprint density at radius 2 is 1.93 bits per heavy atom. The van der Waals surface area contributed by atoms with Gasteiger partial charge < -0.3 is 4.74 Å². The van der Waals surface area contributed by atoms with Crippen LogP contribution >= 0.6 is 0 Å². The van der Waals surface area contributed by atoms with Gasteiger partial charge in [-0.05, 0) is 0 Å². The van der Waals surface area contributed by atoms with Gasteiger partial charge in [-0.3, -0.25) is 14.5 Å². The third-order valence-electron chi connectivity index (χ3n) is 1.72. The molecule has 1 rings (SSSR count). The van der Waals surface area contributed by atoms with E-state index in [1.807, 2.05) is 0 Å². The number of carbonyl (C=O) groups excluding carboxylic acids is 3. The van der Waals surface area contributed by atoms with Crippen molar-refractivity contribution in [3.8, 4) is 0 Å². The Hall–Kier alpha value is -1.91. The van der Waals surface area contributed by atoms with Crippen molar-refractivity contribution < 1.29 is 19.1 Å². The molecule has 1 aliphatic heterocycles. The molecule has 2 amide bonds. The molecule has 74 valence electrons. The van der Waals surface area contributed by atoms with Gasteiger partial charge in [0.25, 0.3) is 11.8 Å². The van der Waals surface area contributed by atoms with E-state index in [4.69, 9.17) is 0 Å². The van der Waals surface area contributed by atoms with Gasteiger partial charge in [0.1, 0.15) is 0 Å². The highest BCUT2D eigenvalue weighted by Gasteiger charge is 2.25. The number of methoxy groups -OCH3 is 1. The van der Waals surface area contributed by atoms with Crippen LogP contribution in [-0.2, 0) is 19.1 Å². The highest BCUT2D eigenvalue weighted by Crippen LogP contribution is 2.07. The molecule has 14 heavy (non-hydrogen) atoms. The van der Waals surface area contributed by atoms with Crippen molar-refractivity contribution in [3.63, 3.8) is 0 Å². The van der Waals surface area contributed by atoms with Crippen LogP contribution in [0.15, 0.2) is 24.3 Å². The molecule has 0 unspecified atom stereocenters. The van der Waals surface area contributed by atoms with E-state index < -0.39 is 17.8 Å². The van der Waals surface area contributed by atoms with E-state index >= 15 is 0 Å². The molecule has 0 aromatic rings. The monoisotopic (exact) mass is 195 g/mol. The lowest BCUT2D eigenvalue weighted by atomic mass is 10.3. The molecule has 0 aromatic carbocycles. The summed E-state index contributed by atoms with van der Waals surface area (Å²) in [6.45, 7) is 3.28. The van der Waals surface area contributed by atoms with Crippen LogP contribution in [0.25, 0.3) is 0 Å². The minimum absolute atomic E-state index is 0.0675. The normalized spacial score (nSPS) is 14.8. The maximum Gasteiger partial charge on any atom is 0.334 e. The number of rotatable bonds is 3. The number of imide groups is 1. The molecule has 1 heterocycles. The van der Waals surface area contributed by atoms with Crippen LogP contribution in [0.4, 0.5) is 0 Å². The number of nitrogens with zero attached hydrogens (tertiary/aromatic N) is 1. The molecule has 0 aliphatic carbocycles. The summed E-state index contributed by atoms with van der Waals surface area (Å²) in [6.07, 6.45) is 2.29. The molecule has 0 spiro atoms. The third kappa shape index (κ3) is 1.87. The molecule has 0 N–H and O–H groups in total. The Bertz CT molecular complexity index is 325. The largest absolute Gasteiger partial charge is 0.466 e. The van der Waals surface area contributed by atoms with Crippen LogP contribution in [0, 0.1) is 0 Å². The first-order valence-corrected chi connectivity index (χ1v) is 3.86. The Morgan fingerprint density at radius 1 is 1.43 bits per heavy atom. The fraction of sp³-hybridized carbons (Fsp3) is 0.222. The number of ether oxygens (including phenoxy) is 1. The van der Waals surface area contributed by atoms with Crippen LogP contribution < -0.4 is 0 Å². The van der Waals surface area contributed by atoms with Crippen molar-refractivity contribution >= 4 is 17.8 Å². The van der Waals surface area contributed by atoms with E-state index in [0.717, 1.165) is 17.1 Å². The SMILES string of the molecule is C=C(CN1C(=O)C=CC1=O)C(=O)OC. The maximum absolute atomic E-state index is 11.1. The van der Waals surface area contributed by atoms with Gasteiger partial charge in [0.2, 0.25) is 0 Å². The Morgan fingerprint density at radius 3 is 2.36 bits per heavy atom. The average Bonchev–Trinajstić information content (AvgIpc) is 2.48. The summed E-state index contributed by atoms with van der Waals surface area (Å²) >= 11 is 0. The fourth-order valence-electron chi connectivity index (χ4n) is 0.987. The van der Waals surface area contributed by atoms with Gasteiger partial charge in [-0.15, -0.1) is 0 Å². The van der Waals surface area contributed by atoms with Crippen molar-refractivity contribution in [1.29, 1.82) is 0 Å². The Balaban J connectivity index is 2.62. The zero-order valence-electron chi connectivity index (χ0n) is 7.65. The molecule has 0 atom stereocenters. The summed E-state index contributed by atoms with van der Waals surface area (Å²) in [4.78, 5) is 33.9. The molecule has 0 fully saturated rings. The second-order valence-corrected chi connectivity index (χ2v) is 2.69. The molecule has 5 heteroatoms. The summed E-state index contributed by atoms with van der Waals surface area (Å²) in [6, 6.07) is 0. The topological polar surface area (TPSA) is 63.7 Å². The van der Waals surface area contributed by atoms with E-state index in [9.17, 15) is 14.4 Å². The van der Waals surface area contributed by atoms with Crippen LogP contribution in [0.5, 0.6) is 0 Å². The maximum atomic E-state index is 11.1. The van der Waals surface area contributed by atoms with Gasteiger partial charge >= 0.3 is 5.97 Å². The van der Waals surface area contributed by atoms with Gasteiger partial charge in [-0.25, -0.2) is 4.79 Å². The highest BCUT2D eigenvalue weighted by molar-refractivity contribution is 6.13. The first-order valence-electron chi connectivity index (χ1n) is 3.86. The van der Waals surface area contributed by atoms with Crippen molar-refractivity contribution in [2.24, 2.45) is 0 Å². The first kappa shape index (κ1) is 10.2. The van der Waals surface area contributed by atoms with Crippen LogP contribution in [0.1, 0.15) is 0 Å². The number of carbonyl (C=O) groups is 3. The van der Waals surface area contributed by atoms with Crippen LogP contribution in [0.3, 0.4) is 0 Å². The Labute approximate surface area is 80.6 Å². The second kappa shape index (κ2) is 3.87. The van der Waals surface area contributed by atoms with Crippen molar-refractivity contribution in [2.75, 3.05) is 13.7 Å². The van der Waals surface area contributed by atoms with Gasteiger partial charge in [0.05, 0.1) is 13.7 Å². The average molecular weight is 195 g/mol. The van der Waals surface area contributed by atoms with Crippen LogP contribution in [-0.4, -0.2) is 36.3 Å². The number of amides is 2. The minimum atomic E-state index is -0.627. The molecule has 0 bridgehead atoms. The second-order valence-electron chi connectivity index (χ2n) is 2.69. The molecular weight excluding hydrogens is 186 g/mol. The van der Waals surface area contributed by atoms with E-state index in [2.05, 4.69) is 11.3 Å². The van der Waals surface area contributed by atoms with E-state index in [0.29, 0.717) is 0 Å². The Kier molecular flexibility index (Phi) is 2.81. The lowest BCUT2D eigenvalue weighted by molar-refractivity contribution is -0.138. The smallest absolute Gasteiger partial charge is 0.334 e. The molecule has 0 saturated heterocycles. The molecule has 5 nitrogen and oxygen atoms in total. The van der Waals surface area contributed by atoms with Gasteiger partial charge in [0.15, 0.2) is 0 Å². The van der Waals surface area contributed by atoms with Gasteiger partial charge in [-0.2, -0.15) is 0 Å². The molecule has 0 aromatic heterocycles. The predicted molar refractivity (Wildman–Crippen MR) is 47.0 cm³/mol. The summed E-state index contributed by atoms with van der Waals surface area (Å²) in [7, 11) is 1.21. The number of esters is 1. The molecule has 0 saturated carbocycles. The van der Waals surface area contributed by atoms with Crippen molar-refractivity contribution in [3.05, 3.63) is 24.3 Å². The molecular formula is C9H9NO4. The van der Waals surface area contributed by atoms with Gasteiger partial charge in [0, 0.05) is 17.7 Å².